The summed E-state index contributed by atoms with van der Waals surface area (Å²) in [4.78, 5) is 0. The topological polar surface area (TPSA) is 24.4 Å². The van der Waals surface area contributed by atoms with Crippen LogP contribution in [0.4, 0.5) is 10.1 Å². The third-order valence-corrected chi connectivity index (χ3v) is 3.77. The van der Waals surface area contributed by atoms with Crippen LogP contribution < -0.4 is 5.43 Å². The van der Waals surface area contributed by atoms with Gasteiger partial charge in [0, 0.05) is 14.5 Å². The number of hydrazone groups is 1. The third-order valence-electron chi connectivity index (χ3n) is 2.45. The SMILES string of the molecule is Cc1cc(Br)c(C=NNc2ccc(F)cc2)c(Br)c1. The highest BCUT2D eigenvalue weighted by atomic mass is 79.9. The highest BCUT2D eigenvalue weighted by molar-refractivity contribution is 9.11. The van der Waals surface area contributed by atoms with Crippen molar-refractivity contribution in [3.8, 4) is 0 Å². The van der Waals surface area contributed by atoms with Gasteiger partial charge in [0.1, 0.15) is 5.82 Å². The molecule has 0 unspecified atom stereocenters. The molecule has 0 saturated carbocycles. The lowest BCUT2D eigenvalue weighted by molar-refractivity contribution is 0.628. The zero-order valence-electron chi connectivity index (χ0n) is 10.1. The third kappa shape index (κ3) is 3.88. The second kappa shape index (κ2) is 6.30. The molecular formula is C14H11Br2FN2. The minimum Gasteiger partial charge on any atom is -0.279 e. The minimum atomic E-state index is -0.265. The maximum absolute atomic E-state index is 12.7. The molecule has 0 heterocycles. The Hall–Kier alpha value is -1.20. The number of benzene rings is 2. The fourth-order valence-corrected chi connectivity index (χ4v) is 3.15. The molecule has 2 rings (SSSR count). The standard InChI is InChI=1S/C14H11Br2FN2/c1-9-6-13(15)12(14(16)7-9)8-18-19-11-4-2-10(17)3-5-11/h2-8,19H,1H3. The monoisotopic (exact) mass is 384 g/mol. The maximum atomic E-state index is 12.7. The van der Waals surface area contributed by atoms with E-state index in [0.29, 0.717) is 0 Å². The summed E-state index contributed by atoms with van der Waals surface area (Å²) in [5, 5.41) is 4.14. The Balaban J connectivity index is 2.13. The number of hydrogen-bond acceptors (Lipinski definition) is 2. The van der Waals surface area contributed by atoms with E-state index in [0.717, 1.165) is 25.8 Å². The molecule has 2 nitrogen and oxygen atoms in total. The number of rotatable bonds is 3. The summed E-state index contributed by atoms with van der Waals surface area (Å²) in [7, 11) is 0. The number of hydrogen-bond donors (Lipinski definition) is 1. The number of aryl methyl sites for hydroxylation is 1. The summed E-state index contributed by atoms with van der Waals surface area (Å²) in [6, 6.07) is 10.1. The van der Waals surface area contributed by atoms with Gasteiger partial charge in [0.2, 0.25) is 0 Å². The zero-order chi connectivity index (χ0) is 13.8. The molecule has 0 aromatic heterocycles. The lowest BCUT2D eigenvalue weighted by Crippen LogP contribution is -1.93. The fraction of sp³-hybridized carbons (Fsp3) is 0.0714. The largest absolute Gasteiger partial charge is 0.279 e. The lowest BCUT2D eigenvalue weighted by atomic mass is 10.2. The number of anilines is 1. The molecule has 2 aromatic rings. The van der Waals surface area contributed by atoms with Crippen LogP contribution in [0.5, 0.6) is 0 Å². The molecule has 0 amide bonds. The summed E-state index contributed by atoms with van der Waals surface area (Å²) >= 11 is 6.99. The Bertz CT molecular complexity index is 586. The summed E-state index contributed by atoms with van der Waals surface area (Å²) < 4.78 is 14.7. The van der Waals surface area contributed by atoms with Crippen molar-refractivity contribution in [1.82, 2.24) is 0 Å². The van der Waals surface area contributed by atoms with Crippen molar-refractivity contribution in [2.45, 2.75) is 6.92 Å². The van der Waals surface area contributed by atoms with Gasteiger partial charge < -0.3 is 0 Å². The van der Waals surface area contributed by atoms with Crippen molar-refractivity contribution in [2.75, 3.05) is 5.43 Å². The molecular weight excluding hydrogens is 375 g/mol. The van der Waals surface area contributed by atoms with Crippen molar-refractivity contribution >= 4 is 43.8 Å². The molecule has 0 aliphatic heterocycles. The molecule has 0 radical (unpaired) electrons. The molecule has 1 N–H and O–H groups in total. The number of nitrogens with zero attached hydrogens (tertiary/aromatic N) is 1. The van der Waals surface area contributed by atoms with Gasteiger partial charge in [0.05, 0.1) is 11.9 Å². The summed E-state index contributed by atoms with van der Waals surface area (Å²) in [5.41, 5.74) is 5.68. The number of halogens is 3. The van der Waals surface area contributed by atoms with Gasteiger partial charge in [-0.3, -0.25) is 5.43 Å². The Morgan fingerprint density at radius 2 is 1.68 bits per heavy atom. The van der Waals surface area contributed by atoms with Crippen LogP contribution in [0.1, 0.15) is 11.1 Å². The molecule has 19 heavy (non-hydrogen) atoms. The number of nitrogens with one attached hydrogen (secondary N) is 1. The first-order valence-electron chi connectivity index (χ1n) is 5.56. The van der Waals surface area contributed by atoms with Gasteiger partial charge in [-0.2, -0.15) is 5.10 Å². The lowest BCUT2D eigenvalue weighted by Gasteiger charge is -2.04. The van der Waals surface area contributed by atoms with E-state index in [9.17, 15) is 4.39 Å². The van der Waals surface area contributed by atoms with Crippen LogP contribution >= 0.6 is 31.9 Å². The summed E-state index contributed by atoms with van der Waals surface area (Å²) in [6.45, 7) is 2.02. The van der Waals surface area contributed by atoms with E-state index >= 15 is 0 Å². The Morgan fingerprint density at radius 1 is 1.11 bits per heavy atom. The van der Waals surface area contributed by atoms with Crippen LogP contribution in [-0.2, 0) is 0 Å². The van der Waals surface area contributed by atoms with E-state index in [1.165, 1.54) is 12.1 Å². The predicted molar refractivity (Wildman–Crippen MR) is 84.2 cm³/mol. The van der Waals surface area contributed by atoms with Crippen LogP contribution in [0, 0.1) is 12.7 Å². The molecule has 2 aromatic carbocycles. The highest BCUT2D eigenvalue weighted by Crippen LogP contribution is 2.25. The van der Waals surface area contributed by atoms with Crippen LogP contribution in [-0.4, -0.2) is 6.21 Å². The molecule has 98 valence electrons. The minimum absolute atomic E-state index is 0.265. The highest BCUT2D eigenvalue weighted by Gasteiger charge is 2.03. The van der Waals surface area contributed by atoms with Gasteiger partial charge in [-0.05, 0) is 48.9 Å². The fourth-order valence-electron chi connectivity index (χ4n) is 1.53. The van der Waals surface area contributed by atoms with Crippen molar-refractivity contribution in [3.05, 3.63) is 62.3 Å². The average molecular weight is 386 g/mol. The van der Waals surface area contributed by atoms with E-state index in [-0.39, 0.29) is 5.82 Å². The summed E-state index contributed by atoms with van der Waals surface area (Å²) in [6.07, 6.45) is 1.71. The molecule has 0 saturated heterocycles. The van der Waals surface area contributed by atoms with Crippen molar-refractivity contribution in [1.29, 1.82) is 0 Å². The van der Waals surface area contributed by atoms with Crippen LogP contribution in [0.25, 0.3) is 0 Å². The van der Waals surface area contributed by atoms with Gasteiger partial charge in [-0.1, -0.05) is 31.9 Å². The van der Waals surface area contributed by atoms with Gasteiger partial charge in [0.25, 0.3) is 0 Å². The predicted octanol–water partition coefficient (Wildman–Crippen LogP) is 5.11. The molecule has 0 aliphatic rings. The quantitative estimate of drug-likeness (QED) is 0.576. The van der Waals surface area contributed by atoms with Gasteiger partial charge in [-0.15, -0.1) is 0 Å². The average Bonchev–Trinajstić information content (AvgIpc) is 2.34. The first-order valence-corrected chi connectivity index (χ1v) is 7.15. The van der Waals surface area contributed by atoms with E-state index in [2.05, 4.69) is 42.4 Å². The van der Waals surface area contributed by atoms with E-state index < -0.39 is 0 Å². The maximum Gasteiger partial charge on any atom is 0.123 e. The van der Waals surface area contributed by atoms with Crippen molar-refractivity contribution in [3.63, 3.8) is 0 Å². The smallest absolute Gasteiger partial charge is 0.123 e. The Labute approximate surface area is 128 Å². The van der Waals surface area contributed by atoms with Gasteiger partial charge in [-0.25, -0.2) is 4.39 Å². The van der Waals surface area contributed by atoms with Crippen LogP contribution in [0.15, 0.2) is 50.4 Å². The van der Waals surface area contributed by atoms with Crippen molar-refractivity contribution < 1.29 is 4.39 Å². The Kier molecular flexibility index (Phi) is 4.71. The molecule has 0 spiro atoms. The first kappa shape index (κ1) is 14.2. The van der Waals surface area contributed by atoms with E-state index in [1.807, 2.05) is 19.1 Å². The van der Waals surface area contributed by atoms with Crippen LogP contribution in [0.2, 0.25) is 0 Å². The van der Waals surface area contributed by atoms with Crippen molar-refractivity contribution in [2.24, 2.45) is 5.10 Å². The molecule has 0 atom stereocenters. The molecule has 0 fully saturated rings. The van der Waals surface area contributed by atoms with Gasteiger partial charge in [0.15, 0.2) is 0 Å². The van der Waals surface area contributed by atoms with E-state index in [1.54, 1.807) is 18.3 Å². The molecule has 0 bridgehead atoms. The van der Waals surface area contributed by atoms with E-state index in [4.69, 9.17) is 0 Å². The molecule has 5 heteroatoms. The Morgan fingerprint density at radius 3 is 2.26 bits per heavy atom. The second-order valence-corrected chi connectivity index (χ2v) is 5.73. The zero-order valence-corrected chi connectivity index (χ0v) is 13.3. The summed E-state index contributed by atoms with van der Waals surface area (Å²) in [5.74, 6) is -0.265. The van der Waals surface area contributed by atoms with Crippen LogP contribution in [0.3, 0.4) is 0 Å². The van der Waals surface area contributed by atoms with Gasteiger partial charge >= 0.3 is 0 Å². The molecule has 0 aliphatic carbocycles. The second-order valence-electron chi connectivity index (χ2n) is 4.02. The first-order chi connectivity index (χ1) is 9.06. The normalized spacial score (nSPS) is 10.9.